The molecule has 0 unspecified atom stereocenters. The summed E-state index contributed by atoms with van der Waals surface area (Å²) in [5.41, 5.74) is 1.85. The number of hydrogen-bond donors (Lipinski definition) is 3. The number of hydrogen-bond acceptors (Lipinski definition) is 5. The van der Waals surface area contributed by atoms with E-state index in [0.29, 0.717) is 24.1 Å². The zero-order valence-electron chi connectivity index (χ0n) is 14.3. The minimum Gasteiger partial charge on any atom is -0.347 e. The molecule has 3 N–H and O–H groups in total. The largest absolute Gasteiger partial charge is 0.347 e. The summed E-state index contributed by atoms with van der Waals surface area (Å²) in [6.07, 6.45) is 1.68. The van der Waals surface area contributed by atoms with Crippen LogP contribution < -0.4 is 11.0 Å². The van der Waals surface area contributed by atoms with Crippen molar-refractivity contribution in [1.29, 1.82) is 0 Å². The molecule has 0 bridgehead atoms. The number of sulfonamides is 1. The van der Waals surface area contributed by atoms with E-state index in [0.717, 1.165) is 29.7 Å². The first-order valence-corrected chi connectivity index (χ1v) is 10.8. The molecule has 10 heteroatoms. The van der Waals surface area contributed by atoms with Crippen molar-refractivity contribution in [3.05, 3.63) is 50.6 Å². The maximum Gasteiger partial charge on any atom is 0.323 e. The summed E-state index contributed by atoms with van der Waals surface area (Å²) in [4.78, 5) is 29.5. The van der Waals surface area contributed by atoms with Crippen molar-refractivity contribution in [3.63, 3.8) is 0 Å². The highest BCUT2D eigenvalue weighted by atomic mass is 32.2. The number of nitrogens with one attached hydrogen (secondary N) is 3. The quantitative estimate of drug-likeness (QED) is 0.597. The Bertz CT molecular complexity index is 1150. The Hall–Kier alpha value is -2.43. The van der Waals surface area contributed by atoms with Gasteiger partial charge < -0.3 is 15.3 Å². The van der Waals surface area contributed by atoms with Gasteiger partial charge in [0.2, 0.25) is 10.0 Å². The van der Waals surface area contributed by atoms with Crippen molar-refractivity contribution >= 4 is 38.3 Å². The van der Waals surface area contributed by atoms with Crippen molar-refractivity contribution in [3.8, 4) is 0 Å². The number of thiophene rings is 1. The van der Waals surface area contributed by atoms with Crippen LogP contribution in [0.4, 0.5) is 0 Å². The maximum absolute atomic E-state index is 12.8. The Balaban J connectivity index is 1.51. The number of carbonyl (C=O) groups is 1. The van der Waals surface area contributed by atoms with E-state index in [1.165, 1.54) is 10.4 Å². The Kier molecular flexibility index (Phi) is 4.62. The minimum atomic E-state index is -3.64. The molecule has 4 rings (SSSR count). The second kappa shape index (κ2) is 6.95. The summed E-state index contributed by atoms with van der Waals surface area (Å²) < 4.78 is 27.0. The number of amides is 1. The third kappa shape index (κ3) is 3.43. The van der Waals surface area contributed by atoms with Crippen LogP contribution in [0.25, 0.3) is 11.0 Å². The molecule has 0 aliphatic carbocycles. The molecule has 1 aliphatic rings. The average molecular weight is 406 g/mol. The van der Waals surface area contributed by atoms with E-state index in [-0.39, 0.29) is 22.0 Å². The molecule has 1 aromatic carbocycles. The first-order valence-electron chi connectivity index (χ1n) is 8.52. The fourth-order valence-electron chi connectivity index (χ4n) is 3.19. The van der Waals surface area contributed by atoms with Gasteiger partial charge in [0.1, 0.15) is 9.77 Å². The number of benzene rings is 1. The van der Waals surface area contributed by atoms with Gasteiger partial charge >= 0.3 is 5.69 Å². The smallest absolute Gasteiger partial charge is 0.323 e. The molecular formula is C17H18N4O4S2. The van der Waals surface area contributed by atoms with Crippen LogP contribution in [-0.4, -0.2) is 41.7 Å². The molecule has 0 atom stereocenters. The molecule has 0 radical (unpaired) electrons. The van der Waals surface area contributed by atoms with Crippen molar-refractivity contribution in [2.45, 2.75) is 24.3 Å². The first kappa shape index (κ1) is 18.0. The monoisotopic (exact) mass is 406 g/mol. The Morgan fingerprint density at radius 1 is 1.15 bits per heavy atom. The second-order valence-corrected chi connectivity index (χ2v) is 9.19. The highest BCUT2D eigenvalue weighted by molar-refractivity contribution is 7.89. The number of rotatable bonds is 5. The molecule has 0 saturated carbocycles. The predicted molar refractivity (Wildman–Crippen MR) is 102 cm³/mol. The van der Waals surface area contributed by atoms with Gasteiger partial charge in [0.25, 0.3) is 5.91 Å². The van der Waals surface area contributed by atoms with E-state index in [4.69, 9.17) is 0 Å². The number of carbonyl (C=O) groups excluding carboxylic acids is 1. The summed E-state index contributed by atoms with van der Waals surface area (Å²) >= 11 is 1.11. The van der Waals surface area contributed by atoms with Gasteiger partial charge in [0.15, 0.2) is 0 Å². The molecule has 142 valence electrons. The predicted octanol–water partition coefficient (Wildman–Crippen LogP) is 1.63. The zero-order chi connectivity index (χ0) is 19.0. The van der Waals surface area contributed by atoms with Gasteiger partial charge in [-0.3, -0.25) is 4.79 Å². The Morgan fingerprint density at radius 3 is 2.67 bits per heavy atom. The third-order valence-corrected chi connectivity index (χ3v) is 7.54. The van der Waals surface area contributed by atoms with Crippen molar-refractivity contribution in [2.75, 3.05) is 13.1 Å². The van der Waals surface area contributed by atoms with E-state index in [9.17, 15) is 18.0 Å². The van der Waals surface area contributed by atoms with Crippen LogP contribution in [0.5, 0.6) is 0 Å². The van der Waals surface area contributed by atoms with Crippen LogP contribution in [0, 0.1) is 0 Å². The molecular weight excluding hydrogens is 388 g/mol. The van der Waals surface area contributed by atoms with Gasteiger partial charge in [-0.25, -0.2) is 13.2 Å². The summed E-state index contributed by atoms with van der Waals surface area (Å²) in [7, 11) is -3.64. The molecule has 1 fully saturated rings. The maximum atomic E-state index is 12.8. The highest BCUT2D eigenvalue weighted by Crippen LogP contribution is 2.27. The molecule has 3 aromatic rings. The molecule has 0 spiro atoms. The standard InChI is InChI=1S/C17H18N4O4S2/c22-16(18-10-11-3-4-12-13(9-11)20-17(23)19-12)15-14(5-8-26-15)27(24,25)21-6-1-2-7-21/h3-5,8-9H,1-2,6-7,10H2,(H,18,22)(H2,19,20,23). The number of H-pyrrole nitrogens is 2. The zero-order valence-corrected chi connectivity index (χ0v) is 16.0. The SMILES string of the molecule is O=C(NCc1ccc2[nH]c(=O)[nH]c2c1)c1sccc1S(=O)(=O)N1CCCC1. The molecule has 1 amide bonds. The van der Waals surface area contributed by atoms with Crippen LogP contribution in [0.1, 0.15) is 28.1 Å². The number of aromatic amines is 2. The van der Waals surface area contributed by atoms with Gasteiger partial charge in [0, 0.05) is 19.6 Å². The van der Waals surface area contributed by atoms with Crippen LogP contribution in [0.3, 0.4) is 0 Å². The number of aromatic nitrogens is 2. The van der Waals surface area contributed by atoms with E-state index in [2.05, 4.69) is 15.3 Å². The Labute approximate surface area is 159 Å². The number of imidazole rings is 1. The van der Waals surface area contributed by atoms with Crippen molar-refractivity contribution in [1.82, 2.24) is 19.6 Å². The van der Waals surface area contributed by atoms with Gasteiger partial charge in [-0.05, 0) is 42.0 Å². The molecule has 2 aromatic heterocycles. The van der Waals surface area contributed by atoms with E-state index in [1.807, 2.05) is 0 Å². The van der Waals surface area contributed by atoms with Gasteiger partial charge in [-0.1, -0.05) is 6.07 Å². The first-order chi connectivity index (χ1) is 12.9. The minimum absolute atomic E-state index is 0.0670. The average Bonchev–Trinajstić information content (AvgIpc) is 3.38. The lowest BCUT2D eigenvalue weighted by molar-refractivity contribution is 0.0952. The molecule has 8 nitrogen and oxygen atoms in total. The van der Waals surface area contributed by atoms with E-state index < -0.39 is 15.9 Å². The van der Waals surface area contributed by atoms with Crippen LogP contribution >= 0.6 is 11.3 Å². The van der Waals surface area contributed by atoms with Crippen LogP contribution in [0.15, 0.2) is 39.3 Å². The lowest BCUT2D eigenvalue weighted by atomic mass is 10.2. The van der Waals surface area contributed by atoms with Crippen molar-refractivity contribution in [2.24, 2.45) is 0 Å². The van der Waals surface area contributed by atoms with Crippen LogP contribution in [0.2, 0.25) is 0 Å². The summed E-state index contributed by atoms with van der Waals surface area (Å²) in [6.45, 7) is 1.21. The van der Waals surface area contributed by atoms with E-state index in [1.54, 1.807) is 23.6 Å². The van der Waals surface area contributed by atoms with Gasteiger partial charge in [0.05, 0.1) is 11.0 Å². The Morgan fingerprint density at radius 2 is 1.89 bits per heavy atom. The topological polar surface area (TPSA) is 115 Å². The van der Waals surface area contributed by atoms with Crippen molar-refractivity contribution < 1.29 is 13.2 Å². The second-order valence-electron chi connectivity index (χ2n) is 6.37. The molecule has 1 saturated heterocycles. The summed E-state index contributed by atoms with van der Waals surface area (Å²) in [5, 5.41) is 4.38. The third-order valence-electron chi connectivity index (χ3n) is 4.55. The fraction of sp³-hybridized carbons (Fsp3) is 0.294. The van der Waals surface area contributed by atoms with Gasteiger partial charge in [-0.2, -0.15) is 4.31 Å². The molecule has 27 heavy (non-hydrogen) atoms. The number of fused-ring (bicyclic) bond motifs is 1. The number of nitrogens with zero attached hydrogens (tertiary/aromatic N) is 1. The van der Waals surface area contributed by atoms with Gasteiger partial charge in [-0.15, -0.1) is 11.3 Å². The lowest BCUT2D eigenvalue weighted by Crippen LogP contribution is -2.30. The lowest BCUT2D eigenvalue weighted by Gasteiger charge is -2.15. The molecule has 1 aliphatic heterocycles. The fourth-order valence-corrected chi connectivity index (χ4v) is 6.02. The molecule has 3 heterocycles. The van der Waals surface area contributed by atoms with E-state index >= 15 is 0 Å². The van der Waals surface area contributed by atoms with Crippen LogP contribution in [-0.2, 0) is 16.6 Å². The summed E-state index contributed by atoms with van der Waals surface area (Å²) in [5.74, 6) is -0.426. The normalized spacial score (nSPS) is 15.4. The highest BCUT2D eigenvalue weighted by Gasteiger charge is 2.31. The summed E-state index contributed by atoms with van der Waals surface area (Å²) in [6, 6.07) is 6.81.